The number of ether oxygens (including phenoxy) is 1. The molecule has 0 amide bonds. The highest BCUT2D eigenvalue weighted by Crippen LogP contribution is 2.26. The summed E-state index contributed by atoms with van der Waals surface area (Å²) in [5.41, 5.74) is 9.84. The van der Waals surface area contributed by atoms with E-state index in [-0.39, 0.29) is 0 Å². The van der Waals surface area contributed by atoms with Gasteiger partial charge in [0.25, 0.3) is 0 Å². The molecule has 4 heteroatoms. The average Bonchev–Trinajstić information content (AvgIpc) is 2.36. The Morgan fingerprint density at radius 2 is 1.78 bits per heavy atom. The second kappa shape index (κ2) is 5.14. The van der Waals surface area contributed by atoms with Crippen molar-refractivity contribution in [2.24, 2.45) is 5.73 Å². The van der Waals surface area contributed by atoms with Crippen LogP contribution in [0.25, 0.3) is 0 Å². The fourth-order valence-electron chi connectivity index (χ4n) is 1.71. The van der Waals surface area contributed by atoms with Gasteiger partial charge < -0.3 is 10.5 Å². The van der Waals surface area contributed by atoms with E-state index in [1.807, 2.05) is 19.9 Å². The largest absolute Gasteiger partial charge is 0.424 e. The van der Waals surface area contributed by atoms with Gasteiger partial charge in [0, 0.05) is 24.5 Å². The summed E-state index contributed by atoms with van der Waals surface area (Å²) in [7, 11) is 0. The lowest BCUT2D eigenvalue weighted by atomic mass is 10.1. The van der Waals surface area contributed by atoms with Gasteiger partial charge in [-0.05, 0) is 43.5 Å². The highest BCUT2D eigenvalue weighted by molar-refractivity contribution is 5.43. The van der Waals surface area contributed by atoms with E-state index in [0.29, 0.717) is 12.6 Å². The summed E-state index contributed by atoms with van der Waals surface area (Å²) in [6.07, 6.45) is 3.36. The van der Waals surface area contributed by atoms with Crippen LogP contribution in [0.15, 0.2) is 24.5 Å². The van der Waals surface area contributed by atoms with E-state index in [2.05, 4.69) is 23.0 Å². The Balaban J connectivity index is 2.27. The Labute approximate surface area is 107 Å². The quantitative estimate of drug-likeness (QED) is 0.900. The predicted octanol–water partition coefficient (Wildman–Crippen LogP) is 2.65. The highest BCUT2D eigenvalue weighted by atomic mass is 16.5. The lowest BCUT2D eigenvalue weighted by Crippen LogP contribution is -2.00. The van der Waals surface area contributed by atoms with E-state index in [9.17, 15) is 0 Å². The van der Waals surface area contributed by atoms with Crippen LogP contribution in [0.3, 0.4) is 0 Å². The van der Waals surface area contributed by atoms with Gasteiger partial charge in [0.05, 0.1) is 0 Å². The first-order valence-electron chi connectivity index (χ1n) is 5.87. The van der Waals surface area contributed by atoms with Crippen LogP contribution in [0.1, 0.15) is 22.3 Å². The predicted molar refractivity (Wildman–Crippen MR) is 70.7 cm³/mol. The maximum atomic E-state index is 5.71. The van der Waals surface area contributed by atoms with Crippen molar-refractivity contribution in [3.63, 3.8) is 0 Å². The standard InChI is InChI=1S/C14H17N3O/c1-9-4-10(2)11(3)13(5-9)18-14-16-7-12(6-15)8-17-14/h4-5,7-8H,6,15H2,1-3H3. The van der Waals surface area contributed by atoms with Gasteiger partial charge in [-0.15, -0.1) is 0 Å². The zero-order valence-corrected chi connectivity index (χ0v) is 10.9. The van der Waals surface area contributed by atoms with E-state index in [0.717, 1.165) is 22.4 Å². The number of aromatic nitrogens is 2. The van der Waals surface area contributed by atoms with Crippen LogP contribution in [-0.4, -0.2) is 9.97 Å². The van der Waals surface area contributed by atoms with Crippen LogP contribution < -0.4 is 10.5 Å². The first kappa shape index (κ1) is 12.5. The van der Waals surface area contributed by atoms with Crippen LogP contribution in [0, 0.1) is 20.8 Å². The van der Waals surface area contributed by atoms with Gasteiger partial charge in [0.1, 0.15) is 5.75 Å². The smallest absolute Gasteiger partial charge is 0.321 e. The van der Waals surface area contributed by atoms with E-state index in [1.54, 1.807) is 12.4 Å². The van der Waals surface area contributed by atoms with Gasteiger partial charge in [0.15, 0.2) is 0 Å². The van der Waals surface area contributed by atoms with Crippen LogP contribution in [0.5, 0.6) is 11.8 Å². The fourth-order valence-corrected chi connectivity index (χ4v) is 1.71. The number of aryl methyl sites for hydroxylation is 2. The molecule has 0 radical (unpaired) electrons. The molecule has 1 aromatic carbocycles. The zero-order valence-electron chi connectivity index (χ0n) is 10.9. The third kappa shape index (κ3) is 2.65. The van der Waals surface area contributed by atoms with Crippen LogP contribution in [-0.2, 0) is 6.54 Å². The topological polar surface area (TPSA) is 61.0 Å². The van der Waals surface area contributed by atoms with E-state index >= 15 is 0 Å². The number of rotatable bonds is 3. The summed E-state index contributed by atoms with van der Waals surface area (Å²) in [5, 5.41) is 0. The van der Waals surface area contributed by atoms with Crippen LogP contribution in [0.2, 0.25) is 0 Å². The molecule has 0 unspecified atom stereocenters. The normalized spacial score (nSPS) is 10.4. The van der Waals surface area contributed by atoms with Gasteiger partial charge in [-0.25, -0.2) is 9.97 Å². The second-order valence-electron chi connectivity index (χ2n) is 4.39. The Hall–Kier alpha value is -1.94. The monoisotopic (exact) mass is 243 g/mol. The third-order valence-electron chi connectivity index (χ3n) is 2.88. The molecule has 1 aromatic heterocycles. The number of nitrogens with zero attached hydrogens (tertiary/aromatic N) is 2. The lowest BCUT2D eigenvalue weighted by Gasteiger charge is -2.10. The van der Waals surface area contributed by atoms with Crippen molar-refractivity contribution in [1.29, 1.82) is 0 Å². The van der Waals surface area contributed by atoms with E-state index < -0.39 is 0 Å². The Bertz CT molecular complexity index is 550. The fraction of sp³-hybridized carbons (Fsp3) is 0.286. The molecular weight excluding hydrogens is 226 g/mol. The van der Waals surface area contributed by atoms with Crippen molar-refractivity contribution in [2.45, 2.75) is 27.3 Å². The zero-order chi connectivity index (χ0) is 13.1. The van der Waals surface area contributed by atoms with Crippen LogP contribution in [0.4, 0.5) is 0 Å². The molecule has 0 aliphatic carbocycles. The van der Waals surface area contributed by atoms with Crippen molar-refractivity contribution >= 4 is 0 Å². The number of hydrogen-bond acceptors (Lipinski definition) is 4. The first-order chi connectivity index (χ1) is 8.60. The maximum absolute atomic E-state index is 5.71. The summed E-state index contributed by atoms with van der Waals surface area (Å²) < 4.78 is 5.71. The first-order valence-corrected chi connectivity index (χ1v) is 5.87. The number of hydrogen-bond donors (Lipinski definition) is 1. The number of nitrogens with two attached hydrogens (primary N) is 1. The molecule has 0 aliphatic heterocycles. The lowest BCUT2D eigenvalue weighted by molar-refractivity contribution is 0.437. The van der Waals surface area contributed by atoms with Crippen LogP contribution >= 0.6 is 0 Å². The maximum Gasteiger partial charge on any atom is 0.321 e. The van der Waals surface area contributed by atoms with Gasteiger partial charge in [-0.1, -0.05) is 6.07 Å². The van der Waals surface area contributed by atoms with Gasteiger partial charge >= 0.3 is 6.01 Å². The minimum Gasteiger partial charge on any atom is -0.424 e. The van der Waals surface area contributed by atoms with Crippen molar-refractivity contribution in [1.82, 2.24) is 9.97 Å². The summed E-state index contributed by atoms with van der Waals surface area (Å²) in [6, 6.07) is 4.46. The molecule has 4 nitrogen and oxygen atoms in total. The van der Waals surface area contributed by atoms with Gasteiger partial charge in [-0.2, -0.15) is 0 Å². The molecule has 18 heavy (non-hydrogen) atoms. The summed E-state index contributed by atoms with van der Waals surface area (Å²) >= 11 is 0. The molecule has 0 atom stereocenters. The van der Waals surface area contributed by atoms with E-state index in [1.165, 1.54) is 5.56 Å². The summed E-state index contributed by atoms with van der Waals surface area (Å²) in [4.78, 5) is 8.26. The number of benzene rings is 1. The molecule has 0 aliphatic rings. The minimum absolute atomic E-state index is 0.348. The second-order valence-corrected chi connectivity index (χ2v) is 4.39. The molecule has 0 fully saturated rings. The van der Waals surface area contributed by atoms with Crippen molar-refractivity contribution < 1.29 is 4.74 Å². The Morgan fingerprint density at radius 3 is 2.39 bits per heavy atom. The third-order valence-corrected chi connectivity index (χ3v) is 2.88. The minimum atomic E-state index is 0.348. The molecular formula is C14H17N3O. The molecule has 0 saturated carbocycles. The summed E-state index contributed by atoms with van der Waals surface area (Å²) in [5.74, 6) is 0.799. The molecule has 0 bridgehead atoms. The Kier molecular flexibility index (Phi) is 3.58. The molecule has 2 rings (SSSR count). The SMILES string of the molecule is Cc1cc(C)c(C)c(Oc2ncc(CN)cn2)c1. The average molecular weight is 243 g/mol. The van der Waals surface area contributed by atoms with Crippen molar-refractivity contribution in [3.8, 4) is 11.8 Å². The van der Waals surface area contributed by atoms with Crippen molar-refractivity contribution in [2.75, 3.05) is 0 Å². The molecule has 0 spiro atoms. The highest BCUT2D eigenvalue weighted by Gasteiger charge is 2.07. The van der Waals surface area contributed by atoms with Crippen molar-refractivity contribution in [3.05, 3.63) is 46.8 Å². The van der Waals surface area contributed by atoms with E-state index in [4.69, 9.17) is 10.5 Å². The summed E-state index contributed by atoms with van der Waals surface area (Å²) in [6.45, 7) is 6.56. The molecule has 94 valence electrons. The Morgan fingerprint density at radius 1 is 1.11 bits per heavy atom. The van der Waals surface area contributed by atoms with Gasteiger partial charge in [0.2, 0.25) is 0 Å². The molecule has 2 N–H and O–H groups in total. The molecule has 1 heterocycles. The van der Waals surface area contributed by atoms with Gasteiger partial charge in [-0.3, -0.25) is 0 Å². The molecule has 0 saturated heterocycles. The molecule has 2 aromatic rings.